The SMILES string of the molecule is Nc1ccn([C@@H]2O[C@@](CO)(C3O[C@H](CO)[C@@H](O)[C@@H]3S)[C@@H](O)[C@H]2O)c(=O)n1. The molecule has 2 aliphatic rings. The van der Waals surface area contributed by atoms with E-state index in [4.69, 9.17) is 15.2 Å². The first kappa shape index (κ1) is 19.5. The van der Waals surface area contributed by atoms with Crippen LogP contribution in [0.5, 0.6) is 0 Å². The van der Waals surface area contributed by atoms with E-state index in [-0.39, 0.29) is 5.82 Å². The molecule has 0 radical (unpaired) electrons. The number of anilines is 1. The molecule has 8 atom stereocenters. The number of rotatable bonds is 4. The fourth-order valence-electron chi connectivity index (χ4n) is 3.41. The maximum absolute atomic E-state index is 12.0. The van der Waals surface area contributed by atoms with Crippen LogP contribution in [0.15, 0.2) is 17.1 Å². The van der Waals surface area contributed by atoms with Crippen LogP contribution in [-0.4, -0.2) is 89.7 Å². The molecule has 0 spiro atoms. The van der Waals surface area contributed by atoms with Crippen molar-refractivity contribution in [2.45, 2.75) is 47.6 Å². The third kappa shape index (κ3) is 2.82. The molecular weight excluding hydrogens is 370 g/mol. The van der Waals surface area contributed by atoms with Crippen molar-refractivity contribution in [2.24, 2.45) is 0 Å². The molecule has 0 saturated carbocycles. The van der Waals surface area contributed by atoms with Gasteiger partial charge in [-0.15, -0.1) is 0 Å². The van der Waals surface area contributed by atoms with Gasteiger partial charge in [-0.2, -0.15) is 17.6 Å². The zero-order valence-electron chi connectivity index (χ0n) is 13.5. The van der Waals surface area contributed by atoms with E-state index in [1.807, 2.05) is 0 Å². The molecule has 3 rings (SSSR count). The quantitative estimate of drug-likeness (QED) is 0.252. The van der Waals surface area contributed by atoms with Crippen LogP contribution < -0.4 is 11.4 Å². The molecule has 0 bridgehead atoms. The Morgan fingerprint density at radius 3 is 2.54 bits per heavy atom. The van der Waals surface area contributed by atoms with Gasteiger partial charge in [0.2, 0.25) is 0 Å². The molecule has 12 heteroatoms. The molecule has 146 valence electrons. The standard InChI is InChI=1S/C14H21N3O8S/c15-6-1-2-17(13(23)16-6)12-8(21)10(22)14(4-19,25-12)11-9(26)7(20)5(3-18)24-11/h1-2,5,7-12,18-22,26H,3-4H2,(H2,15,16,23)/t5-,7-,8-,9+,10+,11?,12-,14-/m1/s1. The number of nitrogens with two attached hydrogens (primary N) is 1. The van der Waals surface area contributed by atoms with E-state index in [1.54, 1.807) is 0 Å². The summed E-state index contributed by atoms with van der Waals surface area (Å²) in [4.78, 5) is 15.6. The minimum absolute atomic E-state index is 0.0313. The Hall–Kier alpha value is -1.25. The van der Waals surface area contributed by atoms with Gasteiger partial charge in [-0.1, -0.05) is 0 Å². The second-order valence-electron chi connectivity index (χ2n) is 6.36. The van der Waals surface area contributed by atoms with Gasteiger partial charge in [-0.25, -0.2) is 4.79 Å². The predicted octanol–water partition coefficient (Wildman–Crippen LogP) is -3.77. The Balaban J connectivity index is 1.97. The maximum atomic E-state index is 12.0. The molecule has 11 nitrogen and oxygen atoms in total. The summed E-state index contributed by atoms with van der Waals surface area (Å²) >= 11 is 4.23. The number of nitrogen functional groups attached to an aromatic ring is 1. The summed E-state index contributed by atoms with van der Waals surface area (Å²) in [5.41, 5.74) is 2.72. The van der Waals surface area contributed by atoms with Crippen LogP contribution >= 0.6 is 12.6 Å². The third-order valence-corrected chi connectivity index (χ3v) is 5.43. The molecule has 2 saturated heterocycles. The van der Waals surface area contributed by atoms with E-state index in [0.29, 0.717) is 0 Å². The Morgan fingerprint density at radius 2 is 2.00 bits per heavy atom. The van der Waals surface area contributed by atoms with Crippen LogP contribution in [-0.2, 0) is 9.47 Å². The summed E-state index contributed by atoms with van der Waals surface area (Å²) < 4.78 is 12.1. The molecule has 7 N–H and O–H groups in total. The van der Waals surface area contributed by atoms with Crippen molar-refractivity contribution in [3.05, 3.63) is 22.7 Å². The number of hydrogen-bond acceptors (Lipinski definition) is 11. The first-order valence-electron chi connectivity index (χ1n) is 7.88. The van der Waals surface area contributed by atoms with Crippen molar-refractivity contribution in [3.63, 3.8) is 0 Å². The van der Waals surface area contributed by atoms with Gasteiger partial charge < -0.3 is 40.7 Å². The average molecular weight is 391 g/mol. The summed E-state index contributed by atoms with van der Waals surface area (Å²) in [5.74, 6) is -0.0313. The van der Waals surface area contributed by atoms with Gasteiger partial charge in [0.25, 0.3) is 0 Å². The van der Waals surface area contributed by atoms with Crippen molar-refractivity contribution in [1.29, 1.82) is 0 Å². The van der Waals surface area contributed by atoms with Crippen LogP contribution in [0, 0.1) is 0 Å². The molecule has 1 unspecified atom stereocenters. The largest absolute Gasteiger partial charge is 0.394 e. The highest BCUT2D eigenvalue weighted by molar-refractivity contribution is 7.81. The van der Waals surface area contributed by atoms with Crippen LogP contribution in [0.3, 0.4) is 0 Å². The molecule has 0 aromatic carbocycles. The lowest BCUT2D eigenvalue weighted by Gasteiger charge is -2.37. The van der Waals surface area contributed by atoms with Crippen LogP contribution in [0.2, 0.25) is 0 Å². The van der Waals surface area contributed by atoms with Gasteiger partial charge in [0.1, 0.15) is 35.8 Å². The lowest BCUT2D eigenvalue weighted by atomic mass is 9.87. The van der Waals surface area contributed by atoms with Crippen molar-refractivity contribution >= 4 is 18.4 Å². The first-order valence-corrected chi connectivity index (χ1v) is 8.40. The fraction of sp³-hybridized carbons (Fsp3) is 0.714. The second kappa shape index (κ2) is 7.05. The fourth-order valence-corrected chi connectivity index (χ4v) is 3.92. The molecule has 2 aliphatic heterocycles. The minimum Gasteiger partial charge on any atom is -0.394 e. The normalized spacial score (nSPS) is 43.1. The third-order valence-electron chi connectivity index (χ3n) is 4.85. The average Bonchev–Trinajstić information content (AvgIpc) is 3.04. The van der Waals surface area contributed by atoms with E-state index in [2.05, 4.69) is 17.6 Å². The Kier molecular flexibility index (Phi) is 5.29. The molecule has 1 aromatic heterocycles. The van der Waals surface area contributed by atoms with Crippen LogP contribution in [0.4, 0.5) is 5.82 Å². The van der Waals surface area contributed by atoms with E-state index >= 15 is 0 Å². The predicted molar refractivity (Wildman–Crippen MR) is 89.4 cm³/mol. The Morgan fingerprint density at radius 1 is 1.31 bits per heavy atom. The van der Waals surface area contributed by atoms with Crippen molar-refractivity contribution in [3.8, 4) is 0 Å². The van der Waals surface area contributed by atoms with Crippen molar-refractivity contribution in [2.75, 3.05) is 18.9 Å². The van der Waals surface area contributed by atoms with Gasteiger partial charge >= 0.3 is 5.69 Å². The summed E-state index contributed by atoms with van der Waals surface area (Å²) in [6.07, 6.45) is -6.80. The van der Waals surface area contributed by atoms with Crippen molar-refractivity contribution in [1.82, 2.24) is 9.55 Å². The molecular formula is C14H21N3O8S. The van der Waals surface area contributed by atoms with E-state index < -0.39 is 66.5 Å². The summed E-state index contributed by atoms with van der Waals surface area (Å²) in [6, 6.07) is 1.31. The number of hydrogen-bond donors (Lipinski definition) is 7. The number of thiol groups is 1. The van der Waals surface area contributed by atoms with E-state index in [0.717, 1.165) is 4.57 Å². The molecule has 26 heavy (non-hydrogen) atoms. The smallest absolute Gasteiger partial charge is 0.351 e. The lowest BCUT2D eigenvalue weighted by molar-refractivity contribution is -0.195. The minimum atomic E-state index is -1.89. The first-order chi connectivity index (χ1) is 12.3. The number of aliphatic hydroxyl groups is 5. The molecule has 3 heterocycles. The second-order valence-corrected chi connectivity index (χ2v) is 6.95. The Bertz CT molecular complexity index is 720. The van der Waals surface area contributed by atoms with Crippen LogP contribution in [0.1, 0.15) is 6.23 Å². The highest BCUT2D eigenvalue weighted by atomic mass is 32.1. The van der Waals surface area contributed by atoms with Gasteiger partial charge in [-0.05, 0) is 6.07 Å². The zero-order valence-corrected chi connectivity index (χ0v) is 14.4. The lowest BCUT2D eigenvalue weighted by Crippen LogP contribution is -2.58. The summed E-state index contributed by atoms with van der Waals surface area (Å²) in [7, 11) is 0. The molecule has 1 aromatic rings. The topological polar surface area (TPSA) is 181 Å². The summed E-state index contributed by atoms with van der Waals surface area (Å²) in [5, 5.41) is 49.3. The monoisotopic (exact) mass is 391 g/mol. The highest BCUT2D eigenvalue weighted by Crippen LogP contribution is 2.44. The van der Waals surface area contributed by atoms with Crippen molar-refractivity contribution < 1.29 is 35.0 Å². The number of aliphatic hydroxyl groups excluding tert-OH is 5. The van der Waals surface area contributed by atoms with Gasteiger partial charge in [-0.3, -0.25) is 4.57 Å². The number of nitrogens with zero attached hydrogens (tertiary/aromatic N) is 2. The number of aromatic nitrogens is 2. The molecule has 0 amide bonds. The van der Waals surface area contributed by atoms with Gasteiger partial charge in [0.15, 0.2) is 6.23 Å². The highest BCUT2D eigenvalue weighted by Gasteiger charge is 2.64. The van der Waals surface area contributed by atoms with Gasteiger partial charge in [0, 0.05) is 6.20 Å². The van der Waals surface area contributed by atoms with Crippen LogP contribution in [0.25, 0.3) is 0 Å². The Labute approximate surface area is 153 Å². The van der Waals surface area contributed by atoms with E-state index in [1.165, 1.54) is 12.3 Å². The zero-order chi connectivity index (χ0) is 19.2. The molecule has 0 aliphatic carbocycles. The molecule has 2 fully saturated rings. The maximum Gasteiger partial charge on any atom is 0.351 e. The number of ether oxygens (including phenoxy) is 2. The summed E-state index contributed by atoms with van der Waals surface area (Å²) in [6.45, 7) is -1.31. The van der Waals surface area contributed by atoms with Gasteiger partial charge in [0.05, 0.1) is 24.6 Å². The van der Waals surface area contributed by atoms with E-state index in [9.17, 15) is 30.3 Å².